The summed E-state index contributed by atoms with van der Waals surface area (Å²) in [6.07, 6.45) is 2.17. The SMILES string of the molecule is CCNC(=NCc1cc(Br)cs1)NCCCCOCC.I. The van der Waals surface area contributed by atoms with Gasteiger partial charge in [0.1, 0.15) is 0 Å². The molecule has 0 aliphatic heterocycles. The number of thiophene rings is 1. The van der Waals surface area contributed by atoms with Crippen LogP contribution in [0.4, 0.5) is 0 Å². The van der Waals surface area contributed by atoms with Gasteiger partial charge in [0.05, 0.1) is 6.54 Å². The average molecular weight is 490 g/mol. The fraction of sp³-hybridized carbons (Fsp3) is 0.643. The predicted molar refractivity (Wildman–Crippen MR) is 106 cm³/mol. The van der Waals surface area contributed by atoms with Gasteiger partial charge in [0.2, 0.25) is 0 Å². The summed E-state index contributed by atoms with van der Waals surface area (Å²) in [5, 5.41) is 8.70. The molecule has 0 radical (unpaired) electrons. The van der Waals surface area contributed by atoms with Crippen molar-refractivity contribution >= 4 is 57.2 Å². The van der Waals surface area contributed by atoms with Gasteiger partial charge in [0.25, 0.3) is 0 Å². The molecule has 0 amide bonds. The number of aliphatic imine (C=N–C) groups is 1. The molecular formula is C14H25BrIN3OS. The highest BCUT2D eigenvalue weighted by Crippen LogP contribution is 2.20. The number of hydrogen-bond donors (Lipinski definition) is 2. The number of hydrogen-bond acceptors (Lipinski definition) is 3. The zero-order valence-corrected chi connectivity index (χ0v) is 17.4. The maximum Gasteiger partial charge on any atom is 0.191 e. The zero-order valence-electron chi connectivity index (χ0n) is 12.7. The molecule has 21 heavy (non-hydrogen) atoms. The van der Waals surface area contributed by atoms with Crippen molar-refractivity contribution in [2.24, 2.45) is 4.99 Å². The molecule has 0 aliphatic carbocycles. The van der Waals surface area contributed by atoms with E-state index in [2.05, 4.69) is 49.9 Å². The summed E-state index contributed by atoms with van der Waals surface area (Å²) in [6.45, 7) is 8.25. The molecule has 0 spiro atoms. The third kappa shape index (κ3) is 10.5. The van der Waals surface area contributed by atoms with Gasteiger partial charge in [-0.1, -0.05) is 0 Å². The van der Waals surface area contributed by atoms with Crippen molar-refractivity contribution in [2.75, 3.05) is 26.3 Å². The molecule has 122 valence electrons. The minimum absolute atomic E-state index is 0. The quantitative estimate of drug-likeness (QED) is 0.238. The molecule has 1 heterocycles. The summed E-state index contributed by atoms with van der Waals surface area (Å²) in [4.78, 5) is 5.84. The number of ether oxygens (including phenoxy) is 1. The molecule has 0 aliphatic rings. The van der Waals surface area contributed by atoms with Crippen molar-refractivity contribution in [3.05, 3.63) is 20.8 Å². The Morgan fingerprint density at radius 2 is 2.14 bits per heavy atom. The minimum atomic E-state index is 0. The maximum absolute atomic E-state index is 5.32. The fourth-order valence-electron chi connectivity index (χ4n) is 1.62. The van der Waals surface area contributed by atoms with Gasteiger partial charge in [-0.3, -0.25) is 0 Å². The fourth-order valence-corrected chi connectivity index (χ4v) is 2.99. The molecule has 2 N–H and O–H groups in total. The van der Waals surface area contributed by atoms with Crippen LogP contribution >= 0.6 is 51.2 Å². The lowest BCUT2D eigenvalue weighted by atomic mass is 10.3. The van der Waals surface area contributed by atoms with Gasteiger partial charge in [-0.25, -0.2) is 4.99 Å². The first-order valence-corrected chi connectivity index (χ1v) is 8.76. The Morgan fingerprint density at radius 1 is 1.33 bits per heavy atom. The van der Waals surface area contributed by atoms with E-state index in [1.54, 1.807) is 11.3 Å². The van der Waals surface area contributed by atoms with Gasteiger partial charge in [0, 0.05) is 41.0 Å². The predicted octanol–water partition coefficient (Wildman–Crippen LogP) is 4.00. The van der Waals surface area contributed by atoms with Crippen LogP contribution in [0.15, 0.2) is 20.9 Å². The van der Waals surface area contributed by atoms with Crippen molar-refractivity contribution in [2.45, 2.75) is 33.2 Å². The first-order valence-electron chi connectivity index (χ1n) is 7.09. The van der Waals surface area contributed by atoms with Crippen LogP contribution in [0.2, 0.25) is 0 Å². The van der Waals surface area contributed by atoms with Gasteiger partial charge in [0.15, 0.2) is 5.96 Å². The Morgan fingerprint density at radius 3 is 2.76 bits per heavy atom. The van der Waals surface area contributed by atoms with Gasteiger partial charge < -0.3 is 15.4 Å². The van der Waals surface area contributed by atoms with E-state index in [4.69, 9.17) is 4.74 Å². The van der Waals surface area contributed by atoms with Gasteiger partial charge >= 0.3 is 0 Å². The first kappa shape index (κ1) is 21.1. The third-order valence-electron chi connectivity index (χ3n) is 2.57. The first-order chi connectivity index (χ1) is 9.76. The number of rotatable bonds is 9. The summed E-state index contributed by atoms with van der Waals surface area (Å²) in [6, 6.07) is 2.11. The van der Waals surface area contributed by atoms with Crippen molar-refractivity contribution < 1.29 is 4.74 Å². The third-order valence-corrected chi connectivity index (χ3v) is 4.25. The Labute approximate surface area is 157 Å². The summed E-state index contributed by atoms with van der Waals surface area (Å²) in [5.41, 5.74) is 0. The summed E-state index contributed by atoms with van der Waals surface area (Å²) in [5.74, 6) is 0.883. The van der Waals surface area contributed by atoms with Crippen molar-refractivity contribution in [1.29, 1.82) is 0 Å². The van der Waals surface area contributed by atoms with Crippen molar-refractivity contribution in [3.63, 3.8) is 0 Å². The molecule has 0 aromatic carbocycles. The van der Waals surface area contributed by atoms with Crippen LogP contribution in [0.25, 0.3) is 0 Å². The van der Waals surface area contributed by atoms with Crippen molar-refractivity contribution in [1.82, 2.24) is 10.6 Å². The minimum Gasteiger partial charge on any atom is -0.382 e. The van der Waals surface area contributed by atoms with Crippen LogP contribution in [0.3, 0.4) is 0 Å². The second kappa shape index (κ2) is 13.8. The number of nitrogens with one attached hydrogen (secondary N) is 2. The highest BCUT2D eigenvalue weighted by atomic mass is 127. The summed E-state index contributed by atoms with van der Waals surface area (Å²) < 4.78 is 6.45. The second-order valence-electron chi connectivity index (χ2n) is 4.26. The topological polar surface area (TPSA) is 45.7 Å². The van der Waals surface area contributed by atoms with Crippen LogP contribution < -0.4 is 10.6 Å². The molecule has 7 heteroatoms. The van der Waals surface area contributed by atoms with Gasteiger partial charge in [-0.2, -0.15) is 0 Å². The van der Waals surface area contributed by atoms with E-state index in [0.29, 0.717) is 6.54 Å². The van der Waals surface area contributed by atoms with E-state index >= 15 is 0 Å². The number of guanidine groups is 1. The highest BCUT2D eigenvalue weighted by Gasteiger charge is 1.99. The van der Waals surface area contributed by atoms with Crippen LogP contribution in [0.1, 0.15) is 31.6 Å². The number of halogens is 2. The zero-order chi connectivity index (χ0) is 14.6. The monoisotopic (exact) mass is 489 g/mol. The van der Waals surface area contributed by atoms with Crippen LogP contribution in [-0.4, -0.2) is 32.3 Å². The Bertz CT molecular complexity index is 401. The van der Waals surface area contributed by atoms with E-state index in [0.717, 1.165) is 49.6 Å². The van der Waals surface area contributed by atoms with Crippen LogP contribution in [0.5, 0.6) is 0 Å². The maximum atomic E-state index is 5.32. The molecule has 0 bridgehead atoms. The number of unbranched alkanes of at least 4 members (excludes halogenated alkanes) is 1. The Kier molecular flexibility index (Phi) is 13.9. The van der Waals surface area contributed by atoms with Crippen molar-refractivity contribution in [3.8, 4) is 0 Å². The average Bonchev–Trinajstić information content (AvgIpc) is 2.85. The summed E-state index contributed by atoms with van der Waals surface area (Å²) >= 11 is 5.18. The van der Waals surface area contributed by atoms with E-state index < -0.39 is 0 Å². The molecule has 0 saturated heterocycles. The Hall–Kier alpha value is 0.140. The molecule has 0 fully saturated rings. The molecule has 1 aromatic heterocycles. The van der Waals surface area contributed by atoms with Gasteiger partial charge in [-0.05, 0) is 48.7 Å². The largest absolute Gasteiger partial charge is 0.382 e. The van der Waals surface area contributed by atoms with E-state index in [-0.39, 0.29) is 24.0 Å². The lowest BCUT2D eigenvalue weighted by Crippen LogP contribution is -2.37. The standard InChI is InChI=1S/C14H24BrN3OS.HI/c1-3-16-14(17-7-5-6-8-19-4-2)18-10-13-9-12(15)11-20-13;/h9,11H,3-8,10H2,1-2H3,(H2,16,17,18);1H. The smallest absolute Gasteiger partial charge is 0.191 e. The van der Waals surface area contributed by atoms with Crippen LogP contribution in [-0.2, 0) is 11.3 Å². The molecular weight excluding hydrogens is 465 g/mol. The lowest BCUT2D eigenvalue weighted by molar-refractivity contribution is 0.143. The van der Waals surface area contributed by atoms with Gasteiger partial charge in [-0.15, -0.1) is 35.3 Å². The lowest BCUT2D eigenvalue weighted by Gasteiger charge is -2.10. The number of nitrogens with zero attached hydrogens (tertiary/aromatic N) is 1. The molecule has 4 nitrogen and oxygen atoms in total. The second-order valence-corrected chi connectivity index (χ2v) is 6.17. The molecule has 1 aromatic rings. The molecule has 0 saturated carbocycles. The molecule has 0 unspecified atom stereocenters. The van der Waals surface area contributed by atoms with E-state index in [1.807, 2.05) is 6.92 Å². The van der Waals surface area contributed by atoms with E-state index in [9.17, 15) is 0 Å². The van der Waals surface area contributed by atoms with E-state index in [1.165, 1.54) is 4.88 Å². The Balaban J connectivity index is 0.00000400. The normalized spacial score (nSPS) is 11.1. The highest BCUT2D eigenvalue weighted by molar-refractivity contribution is 14.0. The van der Waals surface area contributed by atoms with Crippen LogP contribution in [0, 0.1) is 0 Å². The molecule has 0 atom stereocenters. The molecule has 1 rings (SSSR count). The summed E-state index contributed by atoms with van der Waals surface area (Å²) in [7, 11) is 0.